The van der Waals surface area contributed by atoms with E-state index >= 15 is 0 Å². The smallest absolute Gasteiger partial charge is 0.101 e. The zero-order valence-corrected chi connectivity index (χ0v) is 7.33. The lowest BCUT2D eigenvalue weighted by Gasteiger charge is -2.04. The van der Waals surface area contributed by atoms with Crippen molar-refractivity contribution in [3.63, 3.8) is 0 Å². The Labute approximate surface area is 72.4 Å². The van der Waals surface area contributed by atoms with Crippen molar-refractivity contribution in [2.24, 2.45) is 0 Å². The third-order valence-corrected chi connectivity index (χ3v) is 2.66. The number of rotatable bonds is 0. The Balaban J connectivity index is 2.65. The van der Waals surface area contributed by atoms with E-state index < -0.39 is 0 Å². The number of fused-ring (bicyclic) bond motifs is 1. The minimum absolute atomic E-state index is 0.374. The Kier molecular flexibility index (Phi) is 1.55. The van der Waals surface area contributed by atoms with Gasteiger partial charge in [-0.25, -0.2) is 0 Å². The van der Waals surface area contributed by atoms with Crippen LogP contribution in [0.1, 0.15) is 31.1 Å². The maximum Gasteiger partial charge on any atom is 0.101 e. The highest BCUT2D eigenvalue weighted by Crippen LogP contribution is 2.39. The molecule has 0 saturated carbocycles. The van der Waals surface area contributed by atoms with Gasteiger partial charge < -0.3 is 5.11 Å². The van der Waals surface area contributed by atoms with Crippen molar-refractivity contribution in [3.8, 4) is 0 Å². The Bertz CT molecular complexity index is 350. The number of aliphatic hydroxyl groups excluding tert-OH is 1. The van der Waals surface area contributed by atoms with Gasteiger partial charge in [0.2, 0.25) is 0 Å². The van der Waals surface area contributed by atoms with E-state index in [4.69, 9.17) is 0 Å². The van der Waals surface area contributed by atoms with Crippen LogP contribution in [0.25, 0.3) is 5.57 Å². The molecular weight excluding hydrogens is 148 g/mol. The molecule has 0 bridgehead atoms. The van der Waals surface area contributed by atoms with Gasteiger partial charge in [-0.1, -0.05) is 24.3 Å². The first-order chi connectivity index (χ1) is 5.72. The van der Waals surface area contributed by atoms with Crippen LogP contribution in [0.2, 0.25) is 0 Å². The standard InChI is InChI=1S/C11H12O/c1-7-8(2)11(12)10-6-4-3-5-9(7)10/h3-6,11-12H,1-2H3. The lowest BCUT2D eigenvalue weighted by atomic mass is 10.1. The fraction of sp³-hybridized carbons (Fsp3) is 0.273. The van der Waals surface area contributed by atoms with Gasteiger partial charge in [-0.05, 0) is 36.1 Å². The van der Waals surface area contributed by atoms with Crippen LogP contribution in [-0.2, 0) is 0 Å². The van der Waals surface area contributed by atoms with Crippen LogP contribution < -0.4 is 0 Å². The van der Waals surface area contributed by atoms with E-state index in [9.17, 15) is 5.11 Å². The Morgan fingerprint density at radius 3 is 2.50 bits per heavy atom. The predicted octanol–water partition coefficient (Wildman–Crippen LogP) is 2.53. The number of hydrogen-bond acceptors (Lipinski definition) is 1. The van der Waals surface area contributed by atoms with Gasteiger partial charge in [0, 0.05) is 0 Å². The van der Waals surface area contributed by atoms with Gasteiger partial charge in [0.1, 0.15) is 6.10 Å². The molecular formula is C11H12O. The van der Waals surface area contributed by atoms with Crippen LogP contribution in [0.5, 0.6) is 0 Å². The molecule has 0 aromatic heterocycles. The third-order valence-electron chi connectivity index (χ3n) is 2.66. The quantitative estimate of drug-likeness (QED) is 0.618. The number of allylic oxidation sites excluding steroid dienone is 1. The van der Waals surface area contributed by atoms with Crippen molar-refractivity contribution >= 4 is 5.57 Å². The molecule has 1 aromatic rings. The van der Waals surface area contributed by atoms with Crippen LogP contribution in [0.15, 0.2) is 29.8 Å². The summed E-state index contributed by atoms with van der Waals surface area (Å²) in [5, 5.41) is 9.76. The summed E-state index contributed by atoms with van der Waals surface area (Å²) in [6.07, 6.45) is -0.374. The first kappa shape index (κ1) is 7.56. The van der Waals surface area contributed by atoms with Gasteiger partial charge >= 0.3 is 0 Å². The highest BCUT2D eigenvalue weighted by Gasteiger charge is 2.23. The maximum atomic E-state index is 9.76. The van der Waals surface area contributed by atoms with E-state index in [2.05, 4.69) is 13.0 Å². The molecule has 1 aromatic carbocycles. The molecule has 0 fully saturated rings. The first-order valence-electron chi connectivity index (χ1n) is 4.16. The number of aliphatic hydroxyl groups is 1. The predicted molar refractivity (Wildman–Crippen MR) is 49.7 cm³/mol. The van der Waals surface area contributed by atoms with E-state index in [0.29, 0.717) is 0 Å². The van der Waals surface area contributed by atoms with Crippen molar-refractivity contribution in [3.05, 3.63) is 41.0 Å². The van der Waals surface area contributed by atoms with Gasteiger partial charge in [-0.2, -0.15) is 0 Å². The summed E-state index contributed by atoms with van der Waals surface area (Å²) in [5.41, 5.74) is 4.55. The Morgan fingerprint density at radius 1 is 1.17 bits per heavy atom. The highest BCUT2D eigenvalue weighted by molar-refractivity contribution is 5.75. The molecule has 62 valence electrons. The fourth-order valence-corrected chi connectivity index (χ4v) is 1.73. The number of hydrogen-bond donors (Lipinski definition) is 1. The lowest BCUT2D eigenvalue weighted by Crippen LogP contribution is -1.93. The van der Waals surface area contributed by atoms with E-state index in [-0.39, 0.29) is 6.10 Å². The van der Waals surface area contributed by atoms with Crippen molar-refractivity contribution < 1.29 is 5.11 Å². The SMILES string of the molecule is CC1=C(C)C(O)c2ccccc21. The highest BCUT2D eigenvalue weighted by atomic mass is 16.3. The molecule has 0 heterocycles. The molecule has 12 heavy (non-hydrogen) atoms. The summed E-state index contributed by atoms with van der Waals surface area (Å²) in [6.45, 7) is 4.05. The minimum Gasteiger partial charge on any atom is -0.384 e. The summed E-state index contributed by atoms with van der Waals surface area (Å²) in [5.74, 6) is 0. The third kappa shape index (κ3) is 0.833. The van der Waals surface area contributed by atoms with Crippen LogP contribution in [0.3, 0.4) is 0 Å². The summed E-state index contributed by atoms with van der Waals surface area (Å²) >= 11 is 0. The van der Waals surface area contributed by atoms with Gasteiger partial charge in [0.25, 0.3) is 0 Å². The van der Waals surface area contributed by atoms with Crippen LogP contribution in [0, 0.1) is 0 Å². The van der Waals surface area contributed by atoms with Crippen LogP contribution >= 0.6 is 0 Å². The molecule has 1 aliphatic rings. The van der Waals surface area contributed by atoms with Crippen molar-refractivity contribution in [2.75, 3.05) is 0 Å². The second kappa shape index (κ2) is 2.46. The largest absolute Gasteiger partial charge is 0.384 e. The Hall–Kier alpha value is -1.08. The van der Waals surface area contributed by atoms with Crippen molar-refractivity contribution in [1.82, 2.24) is 0 Å². The van der Waals surface area contributed by atoms with Gasteiger partial charge in [-0.15, -0.1) is 0 Å². The topological polar surface area (TPSA) is 20.2 Å². The molecule has 0 amide bonds. The van der Waals surface area contributed by atoms with Crippen molar-refractivity contribution in [1.29, 1.82) is 0 Å². The van der Waals surface area contributed by atoms with Gasteiger partial charge in [0.15, 0.2) is 0 Å². The van der Waals surface area contributed by atoms with Crippen LogP contribution in [-0.4, -0.2) is 5.11 Å². The summed E-state index contributed by atoms with van der Waals surface area (Å²) in [6, 6.07) is 8.02. The zero-order chi connectivity index (χ0) is 8.72. The van der Waals surface area contributed by atoms with Gasteiger partial charge in [-0.3, -0.25) is 0 Å². The monoisotopic (exact) mass is 160 g/mol. The normalized spacial score (nSPS) is 21.4. The number of benzene rings is 1. The molecule has 0 saturated heterocycles. The first-order valence-corrected chi connectivity index (χ1v) is 4.16. The minimum atomic E-state index is -0.374. The van der Waals surface area contributed by atoms with Gasteiger partial charge in [0.05, 0.1) is 0 Å². The van der Waals surface area contributed by atoms with E-state index in [0.717, 1.165) is 11.1 Å². The molecule has 1 nitrogen and oxygen atoms in total. The molecule has 1 unspecified atom stereocenters. The zero-order valence-electron chi connectivity index (χ0n) is 7.33. The average molecular weight is 160 g/mol. The average Bonchev–Trinajstić information content (AvgIpc) is 2.33. The van der Waals surface area contributed by atoms with E-state index in [1.807, 2.05) is 25.1 Å². The van der Waals surface area contributed by atoms with Crippen molar-refractivity contribution in [2.45, 2.75) is 20.0 Å². The van der Waals surface area contributed by atoms with E-state index in [1.165, 1.54) is 11.1 Å². The molecule has 1 N–H and O–H groups in total. The maximum absolute atomic E-state index is 9.76. The lowest BCUT2D eigenvalue weighted by molar-refractivity contribution is 0.219. The molecule has 1 heteroatoms. The molecule has 1 atom stereocenters. The van der Waals surface area contributed by atoms with Crippen LogP contribution in [0.4, 0.5) is 0 Å². The summed E-state index contributed by atoms with van der Waals surface area (Å²) in [4.78, 5) is 0. The fourth-order valence-electron chi connectivity index (χ4n) is 1.73. The van der Waals surface area contributed by atoms with E-state index in [1.54, 1.807) is 0 Å². The molecule has 0 aliphatic heterocycles. The molecule has 1 aliphatic carbocycles. The molecule has 2 rings (SSSR count). The second-order valence-corrected chi connectivity index (χ2v) is 3.30. The second-order valence-electron chi connectivity index (χ2n) is 3.30. The molecule has 0 spiro atoms. The molecule has 0 radical (unpaired) electrons. The summed E-state index contributed by atoms with van der Waals surface area (Å²) < 4.78 is 0. The Morgan fingerprint density at radius 2 is 1.83 bits per heavy atom. The summed E-state index contributed by atoms with van der Waals surface area (Å²) in [7, 11) is 0.